The molecule has 0 heterocycles. The molecule has 0 saturated heterocycles. The quantitative estimate of drug-likeness (QED) is 0.293. The van der Waals surface area contributed by atoms with Gasteiger partial charge in [0.2, 0.25) is 5.91 Å². The van der Waals surface area contributed by atoms with Crippen molar-refractivity contribution in [2.24, 2.45) is 17.6 Å². The number of benzene rings is 2. The van der Waals surface area contributed by atoms with Crippen LogP contribution in [0.25, 0.3) is 0 Å². The van der Waals surface area contributed by atoms with Crippen LogP contribution >= 0.6 is 0 Å². The summed E-state index contributed by atoms with van der Waals surface area (Å²) in [6.45, 7) is 12.6. The Bertz CT molecular complexity index is 1050. The van der Waals surface area contributed by atoms with Crippen LogP contribution in [0, 0.1) is 25.7 Å². The van der Waals surface area contributed by atoms with Gasteiger partial charge in [-0.25, -0.2) is 0 Å². The lowest BCUT2D eigenvalue weighted by molar-refractivity contribution is -0.125. The van der Waals surface area contributed by atoms with Crippen molar-refractivity contribution in [3.05, 3.63) is 70.8 Å². The molecule has 3 amide bonds. The van der Waals surface area contributed by atoms with Gasteiger partial charge in [0, 0.05) is 49.3 Å². The fourth-order valence-electron chi connectivity index (χ4n) is 5.07. The van der Waals surface area contributed by atoms with E-state index in [-0.39, 0.29) is 36.2 Å². The van der Waals surface area contributed by atoms with Crippen LogP contribution in [0.1, 0.15) is 97.6 Å². The lowest BCUT2D eigenvalue weighted by Crippen LogP contribution is -2.41. The number of nitrogens with one attached hydrogen (secondary N) is 2. The maximum Gasteiger partial charge on any atom is 0.253 e. The minimum atomic E-state index is -0.324. The summed E-state index contributed by atoms with van der Waals surface area (Å²) in [5.41, 5.74) is 9.79. The highest BCUT2D eigenvalue weighted by molar-refractivity contribution is 5.99. The molecule has 0 radical (unpaired) electrons. The monoisotopic (exact) mass is 564 g/mol. The second-order valence-electron chi connectivity index (χ2n) is 11.5. The Hall–Kier alpha value is -3.19. The first-order valence-electron chi connectivity index (χ1n) is 15.4. The Morgan fingerprint density at radius 3 is 2.02 bits per heavy atom. The highest BCUT2D eigenvalue weighted by Crippen LogP contribution is 2.23. The minimum Gasteiger partial charge on any atom is -0.356 e. The smallest absolute Gasteiger partial charge is 0.253 e. The molecule has 2 unspecified atom stereocenters. The SMILES string of the molecule is CCCN(CCC)C(=O)c1cccc(C(=O)NCC(N)CC(C)C(=O)NCC2CCCC2)c1.Cc1ccc(C)cc1. The molecular formula is C34H52N4O3. The molecule has 1 saturated carbocycles. The van der Waals surface area contributed by atoms with Gasteiger partial charge in [-0.15, -0.1) is 0 Å². The predicted octanol–water partition coefficient (Wildman–Crippen LogP) is 5.64. The molecule has 0 spiro atoms. The van der Waals surface area contributed by atoms with Crippen LogP contribution in [0.2, 0.25) is 0 Å². The maximum absolute atomic E-state index is 12.8. The standard InChI is InChI=1S/C26H42N4O3.C8H10/c1-4-13-30(14-5-2)26(33)22-12-8-11-21(16-22)25(32)29-18-23(27)15-19(3)24(31)28-17-20-9-6-7-10-20;1-7-3-5-8(2)6-4-7/h8,11-12,16,19-20,23H,4-7,9-10,13-15,17-18,27H2,1-3H3,(H,28,31)(H,29,32);3-6H,1-2H3. The average Bonchev–Trinajstić information content (AvgIpc) is 3.50. The van der Waals surface area contributed by atoms with Crippen LogP contribution in [0.4, 0.5) is 0 Å². The Balaban J connectivity index is 0.000000629. The van der Waals surface area contributed by atoms with E-state index in [9.17, 15) is 14.4 Å². The van der Waals surface area contributed by atoms with Crippen LogP contribution in [0.3, 0.4) is 0 Å². The molecule has 41 heavy (non-hydrogen) atoms. The lowest BCUT2D eigenvalue weighted by Gasteiger charge is -2.22. The van der Waals surface area contributed by atoms with Crippen molar-refractivity contribution in [2.75, 3.05) is 26.2 Å². The molecule has 0 aromatic heterocycles. The van der Waals surface area contributed by atoms with E-state index < -0.39 is 0 Å². The van der Waals surface area contributed by atoms with Crippen molar-refractivity contribution >= 4 is 17.7 Å². The first-order chi connectivity index (χ1) is 19.6. The van der Waals surface area contributed by atoms with Gasteiger partial charge in [-0.1, -0.05) is 75.1 Å². The van der Waals surface area contributed by atoms with Gasteiger partial charge in [-0.05, 0) is 70.1 Å². The van der Waals surface area contributed by atoms with Gasteiger partial charge in [-0.3, -0.25) is 14.4 Å². The van der Waals surface area contributed by atoms with E-state index in [2.05, 4.69) is 48.7 Å². The number of aryl methyl sites for hydroxylation is 2. The summed E-state index contributed by atoms with van der Waals surface area (Å²) in [4.78, 5) is 39.6. The molecule has 7 heteroatoms. The van der Waals surface area contributed by atoms with Gasteiger partial charge in [0.1, 0.15) is 0 Å². The molecule has 1 aliphatic carbocycles. The van der Waals surface area contributed by atoms with E-state index in [1.807, 2.05) is 25.7 Å². The van der Waals surface area contributed by atoms with Crippen molar-refractivity contribution in [3.8, 4) is 0 Å². The molecule has 3 rings (SSSR count). The maximum atomic E-state index is 12.8. The first-order valence-corrected chi connectivity index (χ1v) is 15.4. The minimum absolute atomic E-state index is 0.0265. The van der Waals surface area contributed by atoms with Gasteiger partial charge in [0.15, 0.2) is 0 Å². The Labute approximate surface area is 247 Å². The van der Waals surface area contributed by atoms with Gasteiger partial charge in [-0.2, -0.15) is 0 Å². The number of hydrogen-bond acceptors (Lipinski definition) is 4. The summed E-state index contributed by atoms with van der Waals surface area (Å²) in [6, 6.07) is 15.0. The number of carbonyl (C=O) groups excluding carboxylic acids is 3. The Kier molecular flexibility index (Phi) is 15.2. The molecule has 4 N–H and O–H groups in total. The number of carbonyl (C=O) groups is 3. The highest BCUT2D eigenvalue weighted by Gasteiger charge is 2.21. The molecular weight excluding hydrogens is 512 g/mol. The third-order valence-corrected chi connectivity index (χ3v) is 7.53. The van der Waals surface area contributed by atoms with E-state index in [0.29, 0.717) is 36.6 Å². The molecule has 2 atom stereocenters. The van der Waals surface area contributed by atoms with Crippen molar-refractivity contribution in [1.29, 1.82) is 0 Å². The largest absolute Gasteiger partial charge is 0.356 e. The summed E-state index contributed by atoms with van der Waals surface area (Å²) in [6.07, 6.45) is 7.19. The first kappa shape index (κ1) is 34.0. The third-order valence-electron chi connectivity index (χ3n) is 7.53. The number of nitrogens with zero attached hydrogens (tertiary/aromatic N) is 1. The van der Waals surface area contributed by atoms with Crippen molar-refractivity contribution in [2.45, 2.75) is 85.6 Å². The molecule has 226 valence electrons. The predicted molar refractivity (Wildman–Crippen MR) is 168 cm³/mol. The van der Waals surface area contributed by atoms with E-state index >= 15 is 0 Å². The van der Waals surface area contributed by atoms with Crippen LogP contribution in [0.5, 0.6) is 0 Å². The molecule has 0 bridgehead atoms. The molecule has 0 aliphatic heterocycles. The third kappa shape index (κ3) is 12.5. The van der Waals surface area contributed by atoms with Crippen molar-refractivity contribution in [1.82, 2.24) is 15.5 Å². The van der Waals surface area contributed by atoms with Crippen LogP contribution in [-0.2, 0) is 4.79 Å². The van der Waals surface area contributed by atoms with E-state index in [4.69, 9.17) is 5.73 Å². The topological polar surface area (TPSA) is 105 Å². The molecule has 1 fully saturated rings. The second-order valence-corrected chi connectivity index (χ2v) is 11.5. The summed E-state index contributed by atoms with van der Waals surface area (Å²) in [5, 5.41) is 5.89. The Morgan fingerprint density at radius 2 is 1.46 bits per heavy atom. The number of rotatable bonds is 13. The van der Waals surface area contributed by atoms with E-state index in [1.165, 1.54) is 36.8 Å². The number of nitrogens with two attached hydrogens (primary N) is 1. The average molecular weight is 565 g/mol. The zero-order valence-corrected chi connectivity index (χ0v) is 25.9. The van der Waals surface area contributed by atoms with Crippen molar-refractivity contribution in [3.63, 3.8) is 0 Å². The summed E-state index contributed by atoms with van der Waals surface area (Å²) >= 11 is 0. The number of hydrogen-bond donors (Lipinski definition) is 3. The second kappa shape index (κ2) is 18.3. The molecule has 7 nitrogen and oxygen atoms in total. The lowest BCUT2D eigenvalue weighted by atomic mass is 10.0. The normalized spacial score (nSPS) is 14.4. The summed E-state index contributed by atoms with van der Waals surface area (Å²) in [7, 11) is 0. The van der Waals surface area contributed by atoms with Crippen LogP contribution in [-0.4, -0.2) is 54.8 Å². The Morgan fingerprint density at radius 1 is 0.902 bits per heavy atom. The fraction of sp³-hybridized carbons (Fsp3) is 0.559. The number of amides is 3. The van der Waals surface area contributed by atoms with Crippen LogP contribution in [0.15, 0.2) is 48.5 Å². The van der Waals surface area contributed by atoms with Gasteiger partial charge in [0.25, 0.3) is 11.8 Å². The van der Waals surface area contributed by atoms with Crippen molar-refractivity contribution < 1.29 is 14.4 Å². The molecule has 1 aliphatic rings. The van der Waals surface area contributed by atoms with E-state index in [1.54, 1.807) is 24.3 Å². The zero-order chi connectivity index (χ0) is 30.2. The van der Waals surface area contributed by atoms with Gasteiger partial charge >= 0.3 is 0 Å². The van der Waals surface area contributed by atoms with Crippen LogP contribution < -0.4 is 16.4 Å². The zero-order valence-electron chi connectivity index (χ0n) is 25.9. The fourth-order valence-corrected chi connectivity index (χ4v) is 5.07. The highest BCUT2D eigenvalue weighted by atomic mass is 16.2. The molecule has 2 aromatic carbocycles. The summed E-state index contributed by atoms with van der Waals surface area (Å²) < 4.78 is 0. The molecule has 2 aromatic rings. The summed E-state index contributed by atoms with van der Waals surface area (Å²) in [5.74, 6) is 0.104. The van der Waals surface area contributed by atoms with Gasteiger partial charge < -0.3 is 21.3 Å². The van der Waals surface area contributed by atoms with Gasteiger partial charge in [0.05, 0.1) is 0 Å². The van der Waals surface area contributed by atoms with E-state index in [0.717, 1.165) is 19.4 Å².